The Kier molecular flexibility index (Phi) is 6.21. The summed E-state index contributed by atoms with van der Waals surface area (Å²) >= 11 is 1.73. The van der Waals surface area contributed by atoms with E-state index < -0.39 is 0 Å². The Bertz CT molecular complexity index is 844. The Balaban J connectivity index is 1.71. The number of quaternary nitrogens is 1. The standard InChI is InChI=1S/C22H24N2OS/c1-3-17-12-7-9-16(2)21(17)24-20(25)15-23-22(19-13-8-14-26-19)18-10-5-4-6-11-18/h4-14,22-23H,3,15H2,1-2H3,(H,24,25)/p+1/t22-/m0/s1. The molecule has 0 spiro atoms. The fourth-order valence-corrected chi connectivity index (χ4v) is 4.01. The van der Waals surface area contributed by atoms with Crippen LogP contribution >= 0.6 is 11.3 Å². The van der Waals surface area contributed by atoms with Gasteiger partial charge in [0.05, 0.1) is 4.88 Å². The van der Waals surface area contributed by atoms with E-state index in [9.17, 15) is 4.79 Å². The van der Waals surface area contributed by atoms with Crippen LogP contribution < -0.4 is 10.6 Å². The quantitative estimate of drug-likeness (QED) is 0.655. The predicted molar refractivity (Wildman–Crippen MR) is 109 cm³/mol. The van der Waals surface area contributed by atoms with Crippen LogP contribution in [0.5, 0.6) is 0 Å². The Morgan fingerprint density at radius 1 is 1.08 bits per heavy atom. The Morgan fingerprint density at radius 2 is 1.88 bits per heavy atom. The molecule has 0 saturated heterocycles. The van der Waals surface area contributed by atoms with Gasteiger partial charge < -0.3 is 10.6 Å². The van der Waals surface area contributed by atoms with Gasteiger partial charge in [0.25, 0.3) is 5.91 Å². The second-order valence-corrected chi connectivity index (χ2v) is 7.33. The minimum atomic E-state index is 0.0338. The van der Waals surface area contributed by atoms with Gasteiger partial charge in [-0.05, 0) is 35.9 Å². The molecule has 0 fully saturated rings. The van der Waals surface area contributed by atoms with Crippen molar-refractivity contribution in [2.75, 3.05) is 11.9 Å². The van der Waals surface area contributed by atoms with Crippen molar-refractivity contribution in [1.29, 1.82) is 0 Å². The number of aryl methyl sites for hydroxylation is 2. The lowest BCUT2D eigenvalue weighted by Gasteiger charge is -2.16. The molecule has 0 radical (unpaired) electrons. The molecule has 0 saturated carbocycles. The highest BCUT2D eigenvalue weighted by atomic mass is 32.1. The van der Waals surface area contributed by atoms with Crippen LogP contribution in [0.1, 0.15) is 34.5 Å². The number of para-hydroxylation sites is 1. The molecule has 134 valence electrons. The van der Waals surface area contributed by atoms with Crippen LogP contribution in [0.3, 0.4) is 0 Å². The zero-order valence-corrected chi connectivity index (χ0v) is 16.1. The van der Waals surface area contributed by atoms with E-state index in [0.717, 1.165) is 17.7 Å². The maximum absolute atomic E-state index is 12.6. The van der Waals surface area contributed by atoms with Crippen LogP contribution in [-0.4, -0.2) is 12.5 Å². The van der Waals surface area contributed by atoms with Gasteiger partial charge in [0.1, 0.15) is 6.04 Å². The van der Waals surface area contributed by atoms with Gasteiger partial charge in [0.15, 0.2) is 6.54 Å². The second kappa shape index (κ2) is 8.79. The SMILES string of the molecule is CCc1cccc(C)c1NC(=O)C[NH2+][C@@H](c1ccccc1)c1cccs1. The molecule has 1 heterocycles. The van der Waals surface area contributed by atoms with E-state index in [4.69, 9.17) is 0 Å². The molecular weight excluding hydrogens is 340 g/mol. The minimum Gasteiger partial charge on any atom is -0.328 e. The van der Waals surface area contributed by atoms with Gasteiger partial charge in [-0.3, -0.25) is 4.79 Å². The summed E-state index contributed by atoms with van der Waals surface area (Å²) in [5.74, 6) is 0.0338. The highest BCUT2D eigenvalue weighted by Gasteiger charge is 2.20. The molecule has 3 N–H and O–H groups in total. The highest BCUT2D eigenvalue weighted by Crippen LogP contribution is 2.23. The van der Waals surface area contributed by atoms with Gasteiger partial charge in [-0.1, -0.05) is 61.5 Å². The average Bonchev–Trinajstić information content (AvgIpc) is 3.19. The highest BCUT2D eigenvalue weighted by molar-refractivity contribution is 7.10. The number of hydrogen-bond acceptors (Lipinski definition) is 2. The first-order valence-electron chi connectivity index (χ1n) is 8.99. The molecule has 3 rings (SSSR count). The summed E-state index contributed by atoms with van der Waals surface area (Å²) in [7, 11) is 0. The van der Waals surface area contributed by atoms with Crippen LogP contribution in [0.25, 0.3) is 0 Å². The maximum Gasteiger partial charge on any atom is 0.279 e. The number of benzene rings is 2. The van der Waals surface area contributed by atoms with Crippen molar-refractivity contribution in [3.05, 3.63) is 87.6 Å². The molecule has 0 aliphatic rings. The van der Waals surface area contributed by atoms with E-state index >= 15 is 0 Å². The number of nitrogens with two attached hydrogens (primary N) is 1. The number of carbonyl (C=O) groups is 1. The molecular formula is C22H25N2OS+. The van der Waals surface area contributed by atoms with E-state index in [1.807, 2.05) is 37.3 Å². The Labute approximate surface area is 159 Å². The fourth-order valence-electron chi connectivity index (χ4n) is 3.16. The number of amides is 1. The molecule has 1 amide bonds. The minimum absolute atomic E-state index is 0.0338. The van der Waals surface area contributed by atoms with Crippen molar-refractivity contribution in [2.45, 2.75) is 26.3 Å². The van der Waals surface area contributed by atoms with Gasteiger partial charge in [-0.15, -0.1) is 11.3 Å². The van der Waals surface area contributed by atoms with Gasteiger partial charge in [-0.25, -0.2) is 0 Å². The third-order valence-corrected chi connectivity index (χ3v) is 5.51. The first-order valence-corrected chi connectivity index (χ1v) is 9.87. The topological polar surface area (TPSA) is 45.7 Å². The molecule has 0 aliphatic carbocycles. The van der Waals surface area contributed by atoms with E-state index in [1.165, 1.54) is 16.0 Å². The molecule has 2 aromatic carbocycles. The van der Waals surface area contributed by atoms with E-state index in [1.54, 1.807) is 11.3 Å². The van der Waals surface area contributed by atoms with E-state index in [-0.39, 0.29) is 11.9 Å². The smallest absolute Gasteiger partial charge is 0.279 e. The number of nitrogens with one attached hydrogen (secondary N) is 1. The van der Waals surface area contributed by atoms with Crippen molar-refractivity contribution >= 4 is 22.9 Å². The zero-order valence-electron chi connectivity index (χ0n) is 15.2. The van der Waals surface area contributed by atoms with Crippen molar-refractivity contribution in [3.63, 3.8) is 0 Å². The van der Waals surface area contributed by atoms with Gasteiger partial charge in [0.2, 0.25) is 0 Å². The number of rotatable bonds is 7. The van der Waals surface area contributed by atoms with Crippen LogP contribution in [0.2, 0.25) is 0 Å². The van der Waals surface area contributed by atoms with Gasteiger partial charge >= 0.3 is 0 Å². The van der Waals surface area contributed by atoms with Crippen molar-refractivity contribution in [1.82, 2.24) is 0 Å². The lowest BCUT2D eigenvalue weighted by atomic mass is 10.1. The molecule has 3 aromatic rings. The molecule has 0 aliphatic heterocycles. The Morgan fingerprint density at radius 3 is 2.58 bits per heavy atom. The molecule has 26 heavy (non-hydrogen) atoms. The lowest BCUT2D eigenvalue weighted by molar-refractivity contribution is -0.675. The van der Waals surface area contributed by atoms with Crippen LogP contribution in [0, 0.1) is 6.92 Å². The summed E-state index contributed by atoms with van der Waals surface area (Å²) in [6.45, 7) is 4.53. The second-order valence-electron chi connectivity index (χ2n) is 6.35. The van der Waals surface area contributed by atoms with Crippen LogP contribution in [0.4, 0.5) is 5.69 Å². The molecule has 4 heteroatoms. The van der Waals surface area contributed by atoms with Crippen molar-refractivity contribution < 1.29 is 10.1 Å². The first-order chi connectivity index (χ1) is 12.7. The fraction of sp³-hybridized carbons (Fsp3) is 0.227. The zero-order chi connectivity index (χ0) is 18.4. The van der Waals surface area contributed by atoms with Crippen molar-refractivity contribution in [2.24, 2.45) is 0 Å². The van der Waals surface area contributed by atoms with Crippen molar-refractivity contribution in [3.8, 4) is 0 Å². The summed E-state index contributed by atoms with van der Waals surface area (Å²) in [6, 6.07) is 20.8. The first kappa shape index (κ1) is 18.4. The number of anilines is 1. The van der Waals surface area contributed by atoms with Gasteiger partial charge in [0, 0.05) is 11.3 Å². The molecule has 1 atom stereocenters. The summed E-state index contributed by atoms with van der Waals surface area (Å²) in [6.07, 6.45) is 0.906. The third kappa shape index (κ3) is 4.40. The third-order valence-electron chi connectivity index (χ3n) is 4.55. The van der Waals surface area contributed by atoms with Crippen LogP contribution in [-0.2, 0) is 11.2 Å². The van der Waals surface area contributed by atoms with Gasteiger partial charge in [-0.2, -0.15) is 0 Å². The molecule has 0 bridgehead atoms. The normalized spacial score (nSPS) is 11.9. The summed E-state index contributed by atoms with van der Waals surface area (Å²) in [5, 5.41) is 7.31. The molecule has 3 nitrogen and oxygen atoms in total. The average molecular weight is 366 g/mol. The summed E-state index contributed by atoms with van der Waals surface area (Å²) in [4.78, 5) is 13.9. The number of thiophene rings is 1. The summed E-state index contributed by atoms with van der Waals surface area (Å²) < 4.78 is 0. The van der Waals surface area contributed by atoms with E-state index in [0.29, 0.717) is 6.54 Å². The maximum atomic E-state index is 12.6. The predicted octanol–water partition coefficient (Wildman–Crippen LogP) is 3.91. The van der Waals surface area contributed by atoms with E-state index in [2.05, 4.69) is 53.3 Å². The summed E-state index contributed by atoms with van der Waals surface area (Å²) in [5.41, 5.74) is 4.46. The molecule has 1 aromatic heterocycles. The molecule has 0 unspecified atom stereocenters. The van der Waals surface area contributed by atoms with Crippen LogP contribution in [0.15, 0.2) is 66.0 Å². The lowest BCUT2D eigenvalue weighted by Crippen LogP contribution is -2.87. The number of hydrogen-bond donors (Lipinski definition) is 2. The monoisotopic (exact) mass is 365 g/mol. The Hall–Kier alpha value is -2.43. The number of carbonyl (C=O) groups excluding carboxylic acids is 1. The largest absolute Gasteiger partial charge is 0.328 e.